The van der Waals surface area contributed by atoms with Gasteiger partial charge in [0.2, 0.25) is 0 Å². The van der Waals surface area contributed by atoms with Crippen LogP contribution in [0.3, 0.4) is 0 Å². The summed E-state index contributed by atoms with van der Waals surface area (Å²) in [5, 5.41) is 0. The molecule has 140 valence electrons. The van der Waals surface area contributed by atoms with Gasteiger partial charge in [0.15, 0.2) is 0 Å². The Kier molecular flexibility index (Phi) is 4.49. The molecule has 5 unspecified atom stereocenters. The molecular formula is C25H40. The minimum atomic E-state index is 0.375. The molecule has 0 spiro atoms. The molecule has 0 bridgehead atoms. The van der Waals surface area contributed by atoms with Gasteiger partial charge in [0.05, 0.1) is 0 Å². The van der Waals surface area contributed by atoms with Gasteiger partial charge in [-0.25, -0.2) is 0 Å². The molecule has 0 radical (unpaired) electrons. The lowest BCUT2D eigenvalue weighted by Crippen LogP contribution is -2.37. The maximum Gasteiger partial charge on any atom is -0.000709 e. The molecule has 25 heavy (non-hydrogen) atoms. The highest BCUT2D eigenvalue weighted by atomic mass is 14.6. The van der Waals surface area contributed by atoms with Gasteiger partial charge in [-0.3, -0.25) is 0 Å². The van der Waals surface area contributed by atoms with Gasteiger partial charge in [0.25, 0.3) is 0 Å². The zero-order valence-electron chi connectivity index (χ0n) is 17.6. The van der Waals surface area contributed by atoms with E-state index in [1.165, 1.54) is 38.5 Å². The molecule has 5 atom stereocenters. The summed E-state index contributed by atoms with van der Waals surface area (Å²) in [5.74, 6) is 5.78. The van der Waals surface area contributed by atoms with Crippen LogP contribution in [-0.4, -0.2) is 0 Å². The summed E-state index contributed by atoms with van der Waals surface area (Å²) < 4.78 is 0. The van der Waals surface area contributed by atoms with Crippen molar-refractivity contribution in [3.8, 4) is 0 Å². The van der Waals surface area contributed by atoms with Crippen molar-refractivity contribution < 1.29 is 0 Å². The molecule has 0 nitrogen and oxygen atoms in total. The standard InChI is InChI=1S/C25H40/c1-15-16(2)18(4)23(17(15)3)25(5,6)24-21-13-9-7-11-19(21)20-12-8-10-14-22(20)24/h17,19-22,24H,7-14H2,1-6H3. The molecule has 0 saturated heterocycles. The van der Waals surface area contributed by atoms with Gasteiger partial charge in [-0.05, 0) is 98.5 Å². The van der Waals surface area contributed by atoms with Crippen LogP contribution >= 0.6 is 0 Å². The van der Waals surface area contributed by atoms with Crippen LogP contribution < -0.4 is 0 Å². The fourth-order valence-corrected chi connectivity index (χ4v) is 8.30. The van der Waals surface area contributed by atoms with Crippen molar-refractivity contribution >= 4 is 0 Å². The lowest BCUT2D eigenvalue weighted by molar-refractivity contribution is 0.104. The minimum Gasteiger partial charge on any atom is -0.0632 e. The molecule has 0 N–H and O–H groups in total. The highest BCUT2D eigenvalue weighted by molar-refractivity contribution is 5.49. The fraction of sp³-hybridized carbons (Fsp3) is 0.840. The summed E-state index contributed by atoms with van der Waals surface area (Å²) in [6.45, 7) is 14.9. The third-order valence-corrected chi connectivity index (χ3v) is 9.39. The molecule has 0 aliphatic heterocycles. The Morgan fingerprint density at radius 2 is 1.12 bits per heavy atom. The van der Waals surface area contributed by atoms with Gasteiger partial charge in [-0.1, -0.05) is 57.6 Å². The molecule has 0 heteroatoms. The molecule has 0 aromatic carbocycles. The van der Waals surface area contributed by atoms with Crippen molar-refractivity contribution in [2.75, 3.05) is 0 Å². The number of fused-ring (bicyclic) bond motifs is 3. The van der Waals surface area contributed by atoms with Crippen LogP contribution in [0.5, 0.6) is 0 Å². The van der Waals surface area contributed by atoms with Crippen LogP contribution in [0.15, 0.2) is 22.3 Å². The third-order valence-electron chi connectivity index (χ3n) is 9.39. The van der Waals surface area contributed by atoms with E-state index in [9.17, 15) is 0 Å². The van der Waals surface area contributed by atoms with Gasteiger partial charge in [0, 0.05) is 0 Å². The maximum absolute atomic E-state index is 2.64. The number of allylic oxidation sites excluding steroid dienone is 4. The van der Waals surface area contributed by atoms with Crippen LogP contribution in [0, 0.1) is 40.9 Å². The highest BCUT2D eigenvalue weighted by Crippen LogP contribution is 2.64. The second-order valence-electron chi connectivity index (χ2n) is 10.5. The van der Waals surface area contributed by atoms with Crippen LogP contribution in [0.1, 0.15) is 92.9 Å². The van der Waals surface area contributed by atoms with Gasteiger partial charge in [-0.2, -0.15) is 0 Å². The van der Waals surface area contributed by atoms with Crippen molar-refractivity contribution in [2.24, 2.45) is 40.9 Å². The third kappa shape index (κ3) is 2.53. The average Bonchev–Trinajstić information content (AvgIpc) is 3.04. The molecule has 4 rings (SSSR count). The van der Waals surface area contributed by atoms with Crippen molar-refractivity contribution in [3.63, 3.8) is 0 Å². The fourth-order valence-electron chi connectivity index (χ4n) is 8.30. The summed E-state index contributed by atoms with van der Waals surface area (Å²) >= 11 is 0. The van der Waals surface area contributed by atoms with Crippen molar-refractivity contribution in [1.29, 1.82) is 0 Å². The maximum atomic E-state index is 2.64. The second kappa shape index (κ2) is 6.28. The molecule has 4 aliphatic rings. The van der Waals surface area contributed by atoms with Crippen molar-refractivity contribution in [2.45, 2.75) is 92.9 Å². The van der Waals surface area contributed by atoms with Crippen LogP contribution in [0.2, 0.25) is 0 Å². The van der Waals surface area contributed by atoms with E-state index >= 15 is 0 Å². The molecular weight excluding hydrogens is 300 g/mol. The van der Waals surface area contributed by atoms with E-state index in [1.807, 2.05) is 5.57 Å². The lowest BCUT2D eigenvalue weighted by atomic mass is 9.60. The van der Waals surface area contributed by atoms with E-state index in [1.54, 1.807) is 29.6 Å². The first-order valence-corrected chi connectivity index (χ1v) is 11.2. The zero-order chi connectivity index (χ0) is 17.9. The summed E-state index contributed by atoms with van der Waals surface area (Å²) in [5.41, 5.74) is 7.05. The molecule has 0 amide bonds. The lowest BCUT2D eigenvalue weighted by Gasteiger charge is -2.45. The number of rotatable bonds is 2. The van der Waals surface area contributed by atoms with E-state index in [2.05, 4.69) is 41.5 Å². The Bertz CT molecular complexity index is 580. The van der Waals surface area contributed by atoms with Gasteiger partial charge < -0.3 is 0 Å². The first-order chi connectivity index (χ1) is 11.9. The van der Waals surface area contributed by atoms with Crippen LogP contribution in [0.4, 0.5) is 0 Å². The molecule has 0 heterocycles. The van der Waals surface area contributed by atoms with Crippen LogP contribution in [0.25, 0.3) is 0 Å². The van der Waals surface area contributed by atoms with E-state index in [-0.39, 0.29) is 0 Å². The second-order valence-corrected chi connectivity index (χ2v) is 10.5. The summed E-state index contributed by atoms with van der Waals surface area (Å²) in [6.07, 6.45) is 12.2. The van der Waals surface area contributed by atoms with E-state index in [4.69, 9.17) is 0 Å². The average molecular weight is 341 g/mol. The highest BCUT2D eigenvalue weighted by Gasteiger charge is 2.57. The van der Waals surface area contributed by atoms with Crippen LogP contribution in [-0.2, 0) is 0 Å². The Morgan fingerprint density at radius 3 is 1.52 bits per heavy atom. The van der Waals surface area contributed by atoms with Gasteiger partial charge >= 0.3 is 0 Å². The summed E-state index contributed by atoms with van der Waals surface area (Å²) in [4.78, 5) is 0. The molecule has 4 aliphatic carbocycles. The minimum absolute atomic E-state index is 0.375. The Morgan fingerprint density at radius 1 is 0.680 bits per heavy atom. The van der Waals surface area contributed by atoms with Crippen molar-refractivity contribution in [1.82, 2.24) is 0 Å². The molecule has 3 fully saturated rings. The molecule has 0 aromatic heterocycles. The largest absolute Gasteiger partial charge is 0.0632 e. The summed E-state index contributed by atoms with van der Waals surface area (Å²) in [7, 11) is 0. The Labute approximate surface area is 156 Å². The Balaban J connectivity index is 1.74. The smallest absolute Gasteiger partial charge is 0.000709 e. The predicted molar refractivity (Wildman–Crippen MR) is 108 cm³/mol. The number of hydrogen-bond donors (Lipinski definition) is 0. The van der Waals surface area contributed by atoms with Gasteiger partial charge in [0.1, 0.15) is 0 Å². The summed E-state index contributed by atoms with van der Waals surface area (Å²) in [6, 6.07) is 0. The topological polar surface area (TPSA) is 0 Å². The van der Waals surface area contributed by atoms with Crippen molar-refractivity contribution in [3.05, 3.63) is 22.3 Å². The zero-order valence-corrected chi connectivity index (χ0v) is 17.6. The van der Waals surface area contributed by atoms with E-state index < -0.39 is 0 Å². The van der Waals surface area contributed by atoms with Gasteiger partial charge in [-0.15, -0.1) is 0 Å². The molecule has 0 aromatic rings. The predicted octanol–water partition coefficient (Wildman–Crippen LogP) is 7.56. The monoisotopic (exact) mass is 340 g/mol. The quantitative estimate of drug-likeness (QED) is 0.486. The number of hydrogen-bond acceptors (Lipinski definition) is 0. The first-order valence-electron chi connectivity index (χ1n) is 11.2. The van der Waals surface area contributed by atoms with E-state index in [0.717, 1.165) is 29.6 Å². The van der Waals surface area contributed by atoms with E-state index in [0.29, 0.717) is 11.3 Å². The Hall–Kier alpha value is -0.520. The normalized spacial score (nSPS) is 42.0. The SMILES string of the molecule is CC1=C(C)C(C)C(C(C)(C)C2C3CCCCC3C3CCCCC32)=C1C. The first kappa shape index (κ1) is 17.9. The molecule has 3 saturated carbocycles.